The van der Waals surface area contributed by atoms with Crippen molar-refractivity contribution < 1.29 is 5.11 Å². The molecule has 1 aromatic carbocycles. The van der Waals surface area contributed by atoms with E-state index in [4.69, 9.17) is 5.73 Å². The maximum absolute atomic E-state index is 10.3. The maximum atomic E-state index is 10.3. The fraction of sp³-hybridized carbons (Fsp3) is 0.529. The molecule has 1 aliphatic carbocycles. The Bertz CT molecular complexity index is 583. The number of nitrogens with two attached hydrogens (primary N) is 1. The first-order valence-electron chi connectivity index (χ1n) is 8.13. The highest BCUT2D eigenvalue weighted by molar-refractivity contribution is 5.20. The van der Waals surface area contributed by atoms with Crippen molar-refractivity contribution in [1.29, 1.82) is 0 Å². The quantitative estimate of drug-likeness (QED) is 0.850. The van der Waals surface area contributed by atoms with Crippen LogP contribution in [0.4, 0.5) is 0 Å². The Morgan fingerprint density at radius 3 is 2.77 bits per heavy atom. The zero-order valence-electron chi connectivity index (χ0n) is 12.8. The van der Waals surface area contributed by atoms with Gasteiger partial charge in [0.1, 0.15) is 0 Å². The Balaban J connectivity index is 1.68. The molecular formula is C17H24N4O. The van der Waals surface area contributed by atoms with E-state index in [2.05, 4.69) is 10.3 Å². The van der Waals surface area contributed by atoms with Crippen molar-refractivity contribution in [3.05, 3.63) is 47.8 Å². The van der Waals surface area contributed by atoms with E-state index >= 15 is 0 Å². The smallest absolute Gasteiger partial charge is 0.0846 e. The molecule has 5 heteroatoms. The van der Waals surface area contributed by atoms with Crippen molar-refractivity contribution in [2.45, 2.75) is 56.7 Å². The van der Waals surface area contributed by atoms with Crippen molar-refractivity contribution in [3.63, 3.8) is 0 Å². The molecule has 3 atom stereocenters. The third-order valence-electron chi connectivity index (χ3n) is 4.50. The summed E-state index contributed by atoms with van der Waals surface area (Å²) in [5, 5.41) is 18.7. The van der Waals surface area contributed by atoms with Crippen molar-refractivity contribution in [3.8, 4) is 0 Å². The van der Waals surface area contributed by atoms with Gasteiger partial charge in [0.25, 0.3) is 0 Å². The number of rotatable bonds is 4. The van der Waals surface area contributed by atoms with Gasteiger partial charge in [-0.15, -0.1) is 5.10 Å². The van der Waals surface area contributed by atoms with E-state index in [1.807, 2.05) is 41.2 Å². The van der Waals surface area contributed by atoms with E-state index in [-0.39, 0.29) is 18.2 Å². The minimum Gasteiger partial charge on any atom is -0.391 e. The molecule has 0 saturated heterocycles. The van der Waals surface area contributed by atoms with E-state index < -0.39 is 0 Å². The van der Waals surface area contributed by atoms with Crippen LogP contribution in [0.25, 0.3) is 0 Å². The predicted octanol–water partition coefficient (Wildman–Crippen LogP) is 2.39. The first kappa shape index (κ1) is 15.2. The van der Waals surface area contributed by atoms with Gasteiger partial charge in [-0.3, -0.25) is 0 Å². The highest BCUT2D eigenvalue weighted by atomic mass is 16.3. The van der Waals surface area contributed by atoms with Gasteiger partial charge in [0.2, 0.25) is 0 Å². The molecule has 0 radical (unpaired) electrons. The van der Waals surface area contributed by atoms with Crippen molar-refractivity contribution >= 4 is 0 Å². The van der Waals surface area contributed by atoms with Crippen LogP contribution in [0.15, 0.2) is 36.5 Å². The molecule has 3 rings (SSSR count). The van der Waals surface area contributed by atoms with Crippen LogP contribution in [0.2, 0.25) is 0 Å². The van der Waals surface area contributed by atoms with Crippen LogP contribution in [0.5, 0.6) is 0 Å². The maximum Gasteiger partial charge on any atom is 0.0846 e. The third kappa shape index (κ3) is 3.54. The first-order valence-corrected chi connectivity index (χ1v) is 8.13. The van der Waals surface area contributed by atoms with Crippen LogP contribution in [-0.2, 0) is 6.42 Å². The number of hydrogen-bond acceptors (Lipinski definition) is 4. The molecule has 1 aromatic heterocycles. The second kappa shape index (κ2) is 7.03. The number of aliphatic hydroxyl groups excluding tert-OH is 1. The lowest BCUT2D eigenvalue weighted by Gasteiger charge is -2.19. The largest absolute Gasteiger partial charge is 0.391 e. The number of aromatic nitrogens is 3. The molecule has 1 fully saturated rings. The molecule has 5 nitrogen and oxygen atoms in total. The molecule has 1 unspecified atom stereocenters. The van der Waals surface area contributed by atoms with Gasteiger partial charge < -0.3 is 10.8 Å². The van der Waals surface area contributed by atoms with Gasteiger partial charge in [0.15, 0.2) is 0 Å². The van der Waals surface area contributed by atoms with Gasteiger partial charge in [0.05, 0.1) is 17.8 Å². The molecule has 0 aliphatic heterocycles. The Kier molecular flexibility index (Phi) is 4.85. The Morgan fingerprint density at radius 1 is 1.18 bits per heavy atom. The Morgan fingerprint density at radius 2 is 1.95 bits per heavy atom. The first-order chi connectivity index (χ1) is 10.7. The van der Waals surface area contributed by atoms with E-state index in [0.29, 0.717) is 6.42 Å². The van der Waals surface area contributed by atoms with Crippen LogP contribution in [-0.4, -0.2) is 26.2 Å². The molecule has 118 valence electrons. The Hall–Kier alpha value is -1.72. The SMILES string of the molecule is NC(Cc1cn([C@@H]2CCCCC[C@H]2O)nn1)c1ccccc1. The summed E-state index contributed by atoms with van der Waals surface area (Å²) in [5.74, 6) is 0. The van der Waals surface area contributed by atoms with Crippen LogP contribution < -0.4 is 5.73 Å². The van der Waals surface area contributed by atoms with Crippen LogP contribution in [0, 0.1) is 0 Å². The predicted molar refractivity (Wildman–Crippen MR) is 85.2 cm³/mol. The van der Waals surface area contributed by atoms with Crippen molar-refractivity contribution in [2.75, 3.05) is 0 Å². The molecule has 22 heavy (non-hydrogen) atoms. The zero-order chi connectivity index (χ0) is 15.4. The lowest BCUT2D eigenvalue weighted by Crippen LogP contribution is -2.23. The number of aliphatic hydroxyl groups is 1. The lowest BCUT2D eigenvalue weighted by atomic mass is 10.0. The monoisotopic (exact) mass is 300 g/mol. The summed E-state index contributed by atoms with van der Waals surface area (Å²) < 4.78 is 1.84. The Labute approximate surface area is 131 Å². The molecule has 0 amide bonds. The second-order valence-electron chi connectivity index (χ2n) is 6.18. The van der Waals surface area contributed by atoms with E-state index in [1.165, 1.54) is 6.42 Å². The van der Waals surface area contributed by atoms with Gasteiger partial charge in [-0.1, -0.05) is 54.8 Å². The van der Waals surface area contributed by atoms with Gasteiger partial charge in [-0.05, 0) is 18.4 Å². The van der Waals surface area contributed by atoms with Crippen molar-refractivity contribution in [2.24, 2.45) is 5.73 Å². The number of nitrogens with zero attached hydrogens (tertiary/aromatic N) is 3. The van der Waals surface area contributed by atoms with Gasteiger partial charge in [-0.2, -0.15) is 0 Å². The third-order valence-corrected chi connectivity index (χ3v) is 4.50. The van der Waals surface area contributed by atoms with Crippen LogP contribution >= 0.6 is 0 Å². The highest BCUT2D eigenvalue weighted by Crippen LogP contribution is 2.27. The minimum atomic E-state index is -0.320. The van der Waals surface area contributed by atoms with Gasteiger partial charge in [-0.25, -0.2) is 4.68 Å². The van der Waals surface area contributed by atoms with Gasteiger partial charge >= 0.3 is 0 Å². The fourth-order valence-electron chi connectivity index (χ4n) is 3.19. The molecule has 1 saturated carbocycles. The number of hydrogen-bond donors (Lipinski definition) is 2. The van der Waals surface area contributed by atoms with E-state index in [0.717, 1.165) is 36.9 Å². The fourth-order valence-corrected chi connectivity index (χ4v) is 3.19. The van der Waals surface area contributed by atoms with Crippen LogP contribution in [0.3, 0.4) is 0 Å². The number of benzene rings is 1. The molecule has 1 aliphatic rings. The molecule has 2 aromatic rings. The van der Waals surface area contributed by atoms with Gasteiger partial charge in [0, 0.05) is 18.7 Å². The summed E-state index contributed by atoms with van der Waals surface area (Å²) in [4.78, 5) is 0. The summed E-state index contributed by atoms with van der Waals surface area (Å²) in [7, 11) is 0. The standard InChI is InChI=1S/C17H24N4O/c18-15(13-7-3-1-4-8-13)11-14-12-21(20-19-14)16-9-5-2-6-10-17(16)22/h1,3-4,7-8,12,15-17,22H,2,5-6,9-11,18H2/t15?,16-,17-/m1/s1. The topological polar surface area (TPSA) is 77.0 Å². The molecular weight excluding hydrogens is 276 g/mol. The zero-order valence-corrected chi connectivity index (χ0v) is 12.8. The summed E-state index contributed by atoms with van der Waals surface area (Å²) in [6.45, 7) is 0. The van der Waals surface area contributed by atoms with Crippen molar-refractivity contribution in [1.82, 2.24) is 15.0 Å². The minimum absolute atomic E-state index is 0.0525. The second-order valence-corrected chi connectivity index (χ2v) is 6.18. The lowest BCUT2D eigenvalue weighted by molar-refractivity contribution is 0.0980. The molecule has 0 bridgehead atoms. The highest BCUT2D eigenvalue weighted by Gasteiger charge is 2.24. The average Bonchev–Trinajstić information content (AvgIpc) is 2.88. The average molecular weight is 300 g/mol. The van der Waals surface area contributed by atoms with E-state index in [1.54, 1.807) is 0 Å². The summed E-state index contributed by atoms with van der Waals surface area (Å²) >= 11 is 0. The summed E-state index contributed by atoms with van der Waals surface area (Å²) in [6, 6.07) is 10.0. The normalized spacial score (nSPS) is 23.9. The molecule has 1 heterocycles. The van der Waals surface area contributed by atoms with E-state index in [9.17, 15) is 5.11 Å². The summed E-state index contributed by atoms with van der Waals surface area (Å²) in [6.07, 6.45) is 7.53. The summed E-state index contributed by atoms with van der Waals surface area (Å²) in [5.41, 5.74) is 8.23. The van der Waals surface area contributed by atoms with Crippen LogP contribution in [0.1, 0.15) is 55.4 Å². The molecule has 0 spiro atoms. The molecule has 3 N–H and O–H groups in total.